The van der Waals surface area contributed by atoms with E-state index in [1.165, 1.54) is 12.3 Å². The Kier molecular flexibility index (Phi) is 5.51. The van der Waals surface area contributed by atoms with E-state index in [4.69, 9.17) is 18.4 Å². The number of carbonyl (C=O) groups excluding carboxylic acids is 3. The zero-order valence-corrected chi connectivity index (χ0v) is 16.0. The molecule has 156 valence electrons. The van der Waals surface area contributed by atoms with Crippen molar-refractivity contribution in [3.8, 4) is 5.75 Å². The molecular weight excluding hydrogens is 394 g/mol. The number of hydrogen-bond acceptors (Lipinski definition) is 8. The van der Waals surface area contributed by atoms with E-state index in [0.29, 0.717) is 47.8 Å². The molecular formula is C21H19NO8. The van der Waals surface area contributed by atoms with Gasteiger partial charge in [-0.15, -0.1) is 5.06 Å². The summed E-state index contributed by atoms with van der Waals surface area (Å²) in [5, 5.41) is 2.11. The Morgan fingerprint density at radius 2 is 1.73 bits per heavy atom. The number of fused-ring (bicyclic) bond motifs is 2. The molecule has 1 aromatic carbocycles. The normalized spacial score (nSPS) is 14.1. The minimum absolute atomic E-state index is 0.0701. The number of amides is 2. The van der Waals surface area contributed by atoms with E-state index >= 15 is 0 Å². The van der Waals surface area contributed by atoms with Crippen LogP contribution in [0.5, 0.6) is 5.75 Å². The van der Waals surface area contributed by atoms with Crippen LogP contribution in [0, 0.1) is 0 Å². The van der Waals surface area contributed by atoms with Crippen LogP contribution in [0.25, 0.3) is 21.9 Å². The van der Waals surface area contributed by atoms with Crippen molar-refractivity contribution < 1.29 is 32.8 Å². The number of imide groups is 1. The van der Waals surface area contributed by atoms with E-state index in [-0.39, 0.29) is 19.3 Å². The molecule has 30 heavy (non-hydrogen) atoms. The maximum Gasteiger partial charge on any atom is 0.336 e. The predicted octanol–water partition coefficient (Wildman–Crippen LogP) is 3.09. The zero-order valence-electron chi connectivity index (χ0n) is 16.0. The number of hydrogen-bond donors (Lipinski definition) is 0. The molecule has 9 heteroatoms. The Labute approximate surface area is 170 Å². The van der Waals surface area contributed by atoms with Gasteiger partial charge in [0.05, 0.1) is 12.9 Å². The van der Waals surface area contributed by atoms with Crippen molar-refractivity contribution in [2.75, 3.05) is 6.61 Å². The molecule has 9 nitrogen and oxygen atoms in total. The lowest BCUT2D eigenvalue weighted by molar-refractivity contribution is -0.197. The average molecular weight is 413 g/mol. The monoisotopic (exact) mass is 413 g/mol. The number of hydroxylamine groups is 2. The third-order valence-electron chi connectivity index (χ3n) is 4.75. The Morgan fingerprint density at radius 1 is 0.967 bits per heavy atom. The average Bonchev–Trinajstić information content (AvgIpc) is 3.31. The van der Waals surface area contributed by atoms with Crippen molar-refractivity contribution in [3.63, 3.8) is 0 Å². The fourth-order valence-electron chi connectivity index (χ4n) is 3.26. The summed E-state index contributed by atoms with van der Waals surface area (Å²) in [7, 11) is 0. The van der Waals surface area contributed by atoms with Crippen LogP contribution in [-0.2, 0) is 19.2 Å². The van der Waals surface area contributed by atoms with Crippen LogP contribution in [0.15, 0.2) is 44.2 Å². The molecule has 0 saturated carbocycles. The van der Waals surface area contributed by atoms with Crippen molar-refractivity contribution >= 4 is 39.7 Å². The molecule has 0 N–H and O–H groups in total. The summed E-state index contributed by atoms with van der Waals surface area (Å²) in [6.07, 6.45) is 3.57. The number of benzene rings is 1. The topological polar surface area (TPSA) is 116 Å². The zero-order chi connectivity index (χ0) is 21.1. The second-order valence-electron chi connectivity index (χ2n) is 6.92. The van der Waals surface area contributed by atoms with Gasteiger partial charge in [-0.05, 0) is 37.5 Å². The molecule has 4 rings (SSSR count). The van der Waals surface area contributed by atoms with Crippen LogP contribution in [0.4, 0.5) is 0 Å². The highest BCUT2D eigenvalue weighted by molar-refractivity contribution is 6.01. The van der Waals surface area contributed by atoms with Gasteiger partial charge in [0, 0.05) is 36.1 Å². The molecule has 0 unspecified atom stereocenters. The van der Waals surface area contributed by atoms with E-state index in [1.807, 2.05) is 6.07 Å². The van der Waals surface area contributed by atoms with Crippen molar-refractivity contribution in [1.82, 2.24) is 5.06 Å². The van der Waals surface area contributed by atoms with Crippen LogP contribution in [0.3, 0.4) is 0 Å². The fourth-order valence-corrected chi connectivity index (χ4v) is 3.26. The first-order chi connectivity index (χ1) is 14.5. The van der Waals surface area contributed by atoms with Crippen LogP contribution >= 0.6 is 0 Å². The van der Waals surface area contributed by atoms with Crippen LogP contribution in [-0.4, -0.2) is 29.5 Å². The van der Waals surface area contributed by atoms with Gasteiger partial charge in [-0.1, -0.05) is 0 Å². The first-order valence-electron chi connectivity index (χ1n) is 9.66. The number of ether oxygens (including phenoxy) is 1. The third kappa shape index (κ3) is 4.05. The Balaban J connectivity index is 1.29. The van der Waals surface area contributed by atoms with E-state index in [9.17, 15) is 19.2 Å². The van der Waals surface area contributed by atoms with E-state index < -0.39 is 23.4 Å². The molecule has 0 radical (unpaired) electrons. The number of nitrogens with zero attached hydrogens (tertiary/aromatic N) is 1. The first kappa shape index (κ1) is 19.7. The fraction of sp³-hybridized carbons (Fsp3) is 0.333. The molecule has 2 aromatic heterocycles. The number of rotatable bonds is 8. The molecule has 0 aliphatic carbocycles. The van der Waals surface area contributed by atoms with Gasteiger partial charge in [-0.25, -0.2) is 9.59 Å². The van der Waals surface area contributed by atoms with Gasteiger partial charge < -0.3 is 18.4 Å². The first-order valence-corrected chi connectivity index (χ1v) is 9.66. The van der Waals surface area contributed by atoms with Crippen molar-refractivity contribution in [2.45, 2.75) is 38.5 Å². The molecule has 1 fully saturated rings. The highest BCUT2D eigenvalue weighted by atomic mass is 16.7. The van der Waals surface area contributed by atoms with Gasteiger partial charge in [0.25, 0.3) is 11.8 Å². The second-order valence-corrected chi connectivity index (χ2v) is 6.92. The molecule has 2 amide bonds. The summed E-state index contributed by atoms with van der Waals surface area (Å²) < 4.78 is 16.6. The lowest BCUT2D eigenvalue weighted by Gasteiger charge is -2.12. The molecule has 0 atom stereocenters. The third-order valence-corrected chi connectivity index (χ3v) is 4.75. The molecule has 0 spiro atoms. The number of furan rings is 1. The summed E-state index contributed by atoms with van der Waals surface area (Å²) in [6.45, 7) is 0.325. The van der Waals surface area contributed by atoms with E-state index in [2.05, 4.69) is 0 Å². The molecule has 1 saturated heterocycles. The minimum atomic E-state index is -0.618. The summed E-state index contributed by atoms with van der Waals surface area (Å²) in [5.41, 5.74) is 0.348. The maximum absolute atomic E-state index is 11.8. The lowest BCUT2D eigenvalue weighted by Crippen LogP contribution is -2.31. The van der Waals surface area contributed by atoms with Crippen LogP contribution in [0.1, 0.15) is 38.5 Å². The molecule has 3 heterocycles. The molecule has 1 aliphatic rings. The highest BCUT2D eigenvalue weighted by Crippen LogP contribution is 2.35. The van der Waals surface area contributed by atoms with Gasteiger partial charge in [-0.2, -0.15) is 0 Å². The summed E-state index contributed by atoms with van der Waals surface area (Å²) in [4.78, 5) is 51.1. The number of carbonyl (C=O) groups is 3. The predicted molar refractivity (Wildman–Crippen MR) is 103 cm³/mol. The maximum atomic E-state index is 11.8. The Hall–Kier alpha value is -3.62. The lowest BCUT2D eigenvalue weighted by atomic mass is 10.1. The van der Waals surface area contributed by atoms with Crippen molar-refractivity contribution in [2.24, 2.45) is 0 Å². The van der Waals surface area contributed by atoms with E-state index in [0.717, 1.165) is 10.8 Å². The van der Waals surface area contributed by atoms with Gasteiger partial charge in [0.15, 0.2) is 11.2 Å². The Bertz CT molecular complexity index is 1160. The van der Waals surface area contributed by atoms with Crippen LogP contribution in [0.2, 0.25) is 0 Å². The highest BCUT2D eigenvalue weighted by Gasteiger charge is 2.32. The van der Waals surface area contributed by atoms with E-state index in [1.54, 1.807) is 12.1 Å². The second kappa shape index (κ2) is 8.40. The standard InChI is InChI=1S/C21H19NO8/c23-15-6-7-16(24)22(15)30-18(26)4-2-1-3-10-27-21-19-14(9-11-28-19)12-13-5-8-17(25)29-20(13)21/h5,8-9,11-12H,1-4,6-7,10H2. The summed E-state index contributed by atoms with van der Waals surface area (Å²) >= 11 is 0. The molecule has 0 bridgehead atoms. The number of unbranched alkanes of at least 4 members (excludes halogenated alkanes) is 2. The SMILES string of the molecule is O=C(CCCCCOc1c2occc2cc2ccc(=O)oc12)ON1C(=O)CCC1=O. The van der Waals surface area contributed by atoms with Gasteiger partial charge in [-0.3, -0.25) is 9.59 Å². The molecule has 3 aromatic rings. The Morgan fingerprint density at radius 3 is 2.53 bits per heavy atom. The van der Waals surface area contributed by atoms with Crippen LogP contribution < -0.4 is 10.4 Å². The largest absolute Gasteiger partial charge is 0.486 e. The van der Waals surface area contributed by atoms with Crippen molar-refractivity contribution in [3.05, 3.63) is 40.9 Å². The quantitative estimate of drug-likeness (QED) is 0.314. The summed E-state index contributed by atoms with van der Waals surface area (Å²) in [6, 6.07) is 6.67. The smallest absolute Gasteiger partial charge is 0.336 e. The van der Waals surface area contributed by atoms with Gasteiger partial charge >= 0.3 is 11.6 Å². The molecule has 1 aliphatic heterocycles. The van der Waals surface area contributed by atoms with Crippen molar-refractivity contribution in [1.29, 1.82) is 0 Å². The summed E-state index contributed by atoms with van der Waals surface area (Å²) in [5.74, 6) is -1.23. The minimum Gasteiger partial charge on any atom is -0.486 e. The van der Waals surface area contributed by atoms with Gasteiger partial charge in [0.2, 0.25) is 5.75 Å². The van der Waals surface area contributed by atoms with Gasteiger partial charge in [0.1, 0.15) is 0 Å².